The van der Waals surface area contributed by atoms with E-state index in [1.54, 1.807) is 0 Å². The van der Waals surface area contributed by atoms with E-state index >= 15 is 0 Å². The normalized spacial score (nSPS) is 13.1. The van der Waals surface area contributed by atoms with E-state index in [1.165, 1.54) is 0 Å². The second-order valence-corrected chi connectivity index (χ2v) is 3.87. The van der Waals surface area contributed by atoms with Crippen molar-refractivity contribution in [1.29, 1.82) is 0 Å². The number of hydrogen-bond acceptors (Lipinski definition) is 3. The second-order valence-electron chi connectivity index (χ2n) is 3.87. The van der Waals surface area contributed by atoms with Gasteiger partial charge >= 0.3 is 5.97 Å². The van der Waals surface area contributed by atoms with Gasteiger partial charge in [-0.25, -0.2) is 0 Å². The summed E-state index contributed by atoms with van der Waals surface area (Å²) in [7, 11) is 0. The van der Waals surface area contributed by atoms with Gasteiger partial charge in [0.25, 0.3) is 0 Å². The molecule has 0 aromatic heterocycles. The van der Waals surface area contributed by atoms with Crippen LogP contribution in [0, 0.1) is 5.92 Å². The topological polar surface area (TPSA) is 69.6 Å². The Labute approximate surface area is 85.3 Å². The van der Waals surface area contributed by atoms with Crippen molar-refractivity contribution in [2.45, 2.75) is 39.2 Å². The summed E-state index contributed by atoms with van der Waals surface area (Å²) in [6, 6.07) is 0. The van der Waals surface area contributed by atoms with Gasteiger partial charge in [-0.15, -0.1) is 0 Å². The third kappa shape index (κ3) is 8.01. The monoisotopic (exact) mass is 203 g/mol. The van der Waals surface area contributed by atoms with Crippen LogP contribution in [0.25, 0.3) is 0 Å². The van der Waals surface area contributed by atoms with Crippen LogP contribution in [0.5, 0.6) is 0 Å². The number of hydrogen-bond donors (Lipinski definition) is 3. The number of carboxylic acid groups (broad SMARTS) is 1. The summed E-state index contributed by atoms with van der Waals surface area (Å²) < 4.78 is 0. The molecule has 1 atom stereocenters. The summed E-state index contributed by atoms with van der Waals surface area (Å²) in [6.45, 7) is 5.30. The highest BCUT2D eigenvalue weighted by Gasteiger charge is 2.07. The number of aliphatic carboxylic acids is 1. The molecule has 0 aromatic rings. The molecule has 0 saturated heterocycles. The summed E-state index contributed by atoms with van der Waals surface area (Å²) in [5.74, 6) is -0.478. The van der Waals surface area contributed by atoms with E-state index in [-0.39, 0.29) is 18.4 Å². The maximum Gasteiger partial charge on any atom is 0.303 e. The number of carboxylic acids is 1. The summed E-state index contributed by atoms with van der Waals surface area (Å²) in [6.07, 6.45) is 1.46. The van der Waals surface area contributed by atoms with E-state index in [0.29, 0.717) is 13.0 Å². The largest absolute Gasteiger partial charge is 0.481 e. The third-order valence-electron chi connectivity index (χ3n) is 2.12. The Morgan fingerprint density at radius 1 is 1.36 bits per heavy atom. The first-order valence-corrected chi connectivity index (χ1v) is 5.14. The maximum atomic E-state index is 10.2. The molecule has 1 unspecified atom stereocenters. The summed E-state index contributed by atoms with van der Waals surface area (Å²) in [5.41, 5.74) is 0. The van der Waals surface area contributed by atoms with Gasteiger partial charge in [-0.05, 0) is 25.3 Å². The van der Waals surface area contributed by atoms with Gasteiger partial charge in [0.1, 0.15) is 0 Å². The smallest absolute Gasteiger partial charge is 0.303 e. The van der Waals surface area contributed by atoms with E-state index in [4.69, 9.17) is 5.11 Å². The molecule has 0 radical (unpaired) electrons. The van der Waals surface area contributed by atoms with Crippen molar-refractivity contribution in [1.82, 2.24) is 5.32 Å². The number of aliphatic hydroxyl groups is 1. The van der Waals surface area contributed by atoms with Crippen molar-refractivity contribution >= 4 is 5.97 Å². The van der Waals surface area contributed by atoms with Gasteiger partial charge in [-0.2, -0.15) is 0 Å². The van der Waals surface area contributed by atoms with Crippen LogP contribution in [0.3, 0.4) is 0 Å². The van der Waals surface area contributed by atoms with Crippen molar-refractivity contribution in [2.24, 2.45) is 5.92 Å². The van der Waals surface area contributed by atoms with Crippen LogP contribution in [0.1, 0.15) is 33.1 Å². The van der Waals surface area contributed by atoms with Gasteiger partial charge in [-0.1, -0.05) is 13.8 Å². The highest BCUT2D eigenvalue weighted by Crippen LogP contribution is 1.99. The number of carbonyl (C=O) groups is 1. The first-order chi connectivity index (χ1) is 6.54. The number of aliphatic hydroxyl groups excluding tert-OH is 1. The quantitative estimate of drug-likeness (QED) is 0.511. The Hall–Kier alpha value is -0.610. The van der Waals surface area contributed by atoms with Crippen molar-refractivity contribution < 1.29 is 15.0 Å². The molecule has 14 heavy (non-hydrogen) atoms. The Kier molecular flexibility index (Phi) is 7.42. The molecule has 84 valence electrons. The molecule has 4 nitrogen and oxygen atoms in total. The van der Waals surface area contributed by atoms with Crippen molar-refractivity contribution in [3.8, 4) is 0 Å². The lowest BCUT2D eigenvalue weighted by Gasteiger charge is -2.14. The molecular weight excluding hydrogens is 182 g/mol. The molecule has 0 spiro atoms. The highest BCUT2D eigenvalue weighted by molar-refractivity contribution is 5.66. The van der Waals surface area contributed by atoms with Crippen LogP contribution in [0.2, 0.25) is 0 Å². The summed E-state index contributed by atoms with van der Waals surface area (Å²) >= 11 is 0. The van der Waals surface area contributed by atoms with Gasteiger partial charge in [0.2, 0.25) is 0 Å². The molecule has 0 amide bonds. The average Bonchev–Trinajstić information content (AvgIpc) is 2.09. The fraction of sp³-hybridized carbons (Fsp3) is 0.900. The van der Waals surface area contributed by atoms with Crippen molar-refractivity contribution in [3.05, 3.63) is 0 Å². The first kappa shape index (κ1) is 13.4. The van der Waals surface area contributed by atoms with Gasteiger partial charge in [-0.3, -0.25) is 4.79 Å². The minimum absolute atomic E-state index is 0.231. The average molecular weight is 203 g/mol. The zero-order chi connectivity index (χ0) is 11.0. The fourth-order valence-corrected chi connectivity index (χ4v) is 1.01. The molecule has 0 aromatic carbocycles. The van der Waals surface area contributed by atoms with Crippen LogP contribution < -0.4 is 5.32 Å². The predicted molar refractivity (Wildman–Crippen MR) is 55.2 cm³/mol. The Bertz CT molecular complexity index is 159. The molecule has 0 fully saturated rings. The molecular formula is C10H21NO3. The molecule has 0 heterocycles. The fourth-order valence-electron chi connectivity index (χ4n) is 1.01. The molecule has 0 aliphatic rings. The van der Waals surface area contributed by atoms with Crippen LogP contribution in [-0.2, 0) is 4.79 Å². The Balaban J connectivity index is 3.17. The van der Waals surface area contributed by atoms with E-state index in [9.17, 15) is 9.90 Å². The lowest BCUT2D eigenvalue weighted by Crippen LogP contribution is -2.31. The van der Waals surface area contributed by atoms with Gasteiger partial charge < -0.3 is 15.5 Å². The second kappa shape index (κ2) is 7.76. The van der Waals surface area contributed by atoms with E-state index in [2.05, 4.69) is 5.32 Å². The molecule has 0 bridgehead atoms. The maximum absolute atomic E-state index is 10.2. The van der Waals surface area contributed by atoms with Crippen LogP contribution in [0.15, 0.2) is 0 Å². The zero-order valence-corrected chi connectivity index (χ0v) is 8.99. The number of unbranched alkanes of at least 4 members (excludes halogenated alkanes) is 1. The minimum Gasteiger partial charge on any atom is -0.481 e. The van der Waals surface area contributed by atoms with Crippen LogP contribution in [0.4, 0.5) is 0 Å². The standard InChI is InChI=1S/C10H21NO3/c1-8(2)9(12)7-11-6-4-3-5-10(13)14/h8-9,11-12H,3-7H2,1-2H3,(H,13,14). The van der Waals surface area contributed by atoms with Gasteiger partial charge in [0.15, 0.2) is 0 Å². The molecule has 0 aliphatic carbocycles. The Morgan fingerprint density at radius 3 is 2.50 bits per heavy atom. The van der Waals surface area contributed by atoms with E-state index in [0.717, 1.165) is 13.0 Å². The van der Waals surface area contributed by atoms with E-state index in [1.807, 2.05) is 13.8 Å². The molecule has 0 saturated carbocycles. The predicted octanol–water partition coefficient (Wildman–Crippen LogP) is 0.848. The van der Waals surface area contributed by atoms with Crippen LogP contribution >= 0.6 is 0 Å². The van der Waals surface area contributed by atoms with E-state index < -0.39 is 5.97 Å². The van der Waals surface area contributed by atoms with Crippen molar-refractivity contribution in [3.63, 3.8) is 0 Å². The molecule has 0 rings (SSSR count). The molecule has 3 N–H and O–H groups in total. The number of nitrogens with one attached hydrogen (secondary N) is 1. The Morgan fingerprint density at radius 2 is 2.00 bits per heavy atom. The zero-order valence-electron chi connectivity index (χ0n) is 8.99. The summed E-state index contributed by atoms with van der Waals surface area (Å²) in [4.78, 5) is 10.2. The lowest BCUT2D eigenvalue weighted by atomic mass is 10.1. The minimum atomic E-state index is -0.743. The van der Waals surface area contributed by atoms with Gasteiger partial charge in [0, 0.05) is 13.0 Å². The first-order valence-electron chi connectivity index (χ1n) is 5.14. The third-order valence-corrected chi connectivity index (χ3v) is 2.12. The van der Waals surface area contributed by atoms with Crippen LogP contribution in [-0.4, -0.2) is 35.4 Å². The molecule has 4 heteroatoms. The van der Waals surface area contributed by atoms with Gasteiger partial charge in [0.05, 0.1) is 6.10 Å². The summed E-state index contributed by atoms with van der Waals surface area (Å²) in [5, 5.41) is 20.9. The molecule has 0 aliphatic heterocycles. The van der Waals surface area contributed by atoms with Crippen molar-refractivity contribution in [2.75, 3.05) is 13.1 Å². The lowest BCUT2D eigenvalue weighted by molar-refractivity contribution is -0.137. The number of rotatable bonds is 8. The SMILES string of the molecule is CC(C)C(O)CNCCCCC(=O)O. The highest BCUT2D eigenvalue weighted by atomic mass is 16.4.